The lowest BCUT2D eigenvalue weighted by Crippen LogP contribution is -1.97. The first-order valence-corrected chi connectivity index (χ1v) is 6.27. The van der Waals surface area contributed by atoms with Crippen LogP contribution in [0.2, 0.25) is 0 Å². The lowest BCUT2D eigenvalue weighted by molar-refractivity contribution is 1.14. The number of hydrogen-bond donors (Lipinski definition) is 1. The van der Waals surface area contributed by atoms with Crippen LogP contribution in [0.15, 0.2) is 48.8 Å². The fourth-order valence-corrected chi connectivity index (χ4v) is 2.27. The molecule has 1 aromatic carbocycles. The molecule has 0 aliphatic rings. The van der Waals surface area contributed by atoms with Crippen molar-refractivity contribution in [2.45, 2.75) is 13.3 Å². The van der Waals surface area contributed by atoms with E-state index < -0.39 is 0 Å². The number of aryl methyl sites for hydroxylation is 1. The summed E-state index contributed by atoms with van der Waals surface area (Å²) in [4.78, 5) is 8.60. The lowest BCUT2D eigenvalue weighted by Gasteiger charge is -2.07. The van der Waals surface area contributed by atoms with Gasteiger partial charge in [-0.15, -0.1) is 0 Å². The summed E-state index contributed by atoms with van der Waals surface area (Å²) in [6, 6.07) is 12.3. The van der Waals surface area contributed by atoms with Crippen molar-refractivity contribution in [2.24, 2.45) is 0 Å². The Balaban J connectivity index is 2.03. The Hall–Kier alpha value is -2.42. The second-order valence-electron chi connectivity index (χ2n) is 4.71. The van der Waals surface area contributed by atoms with Crippen molar-refractivity contribution in [2.75, 3.05) is 5.73 Å². The molecule has 0 unspecified atom stereocenters. The number of hydrogen-bond acceptors (Lipinski definition) is 3. The number of nitrogens with zero attached hydrogens (tertiary/aromatic N) is 2. The zero-order valence-corrected chi connectivity index (χ0v) is 10.8. The zero-order chi connectivity index (χ0) is 13.2. The minimum Gasteiger partial charge on any atom is -0.383 e. The highest BCUT2D eigenvalue weighted by molar-refractivity contribution is 5.82. The Morgan fingerprint density at radius 3 is 2.79 bits per heavy atom. The Bertz CT molecular complexity index is 730. The molecule has 0 saturated heterocycles. The van der Waals surface area contributed by atoms with E-state index in [1.807, 2.05) is 37.5 Å². The summed E-state index contributed by atoms with van der Waals surface area (Å²) in [5, 5.41) is 1.19. The molecule has 3 heteroatoms. The van der Waals surface area contributed by atoms with Crippen molar-refractivity contribution in [3.63, 3.8) is 0 Å². The minimum atomic E-state index is 0.600. The lowest BCUT2D eigenvalue weighted by atomic mass is 10.0. The molecule has 2 heterocycles. The minimum absolute atomic E-state index is 0.600. The van der Waals surface area contributed by atoms with E-state index >= 15 is 0 Å². The maximum absolute atomic E-state index is 5.75. The van der Waals surface area contributed by atoms with Gasteiger partial charge in [0.25, 0.3) is 0 Å². The van der Waals surface area contributed by atoms with Crippen LogP contribution < -0.4 is 5.73 Å². The second kappa shape index (κ2) is 4.69. The Morgan fingerprint density at radius 2 is 1.95 bits per heavy atom. The molecule has 0 spiro atoms. The zero-order valence-electron chi connectivity index (χ0n) is 10.8. The fourth-order valence-electron chi connectivity index (χ4n) is 2.27. The highest BCUT2D eigenvalue weighted by Gasteiger charge is 2.04. The molecule has 3 aromatic rings. The van der Waals surface area contributed by atoms with Crippen molar-refractivity contribution >= 4 is 16.7 Å². The summed E-state index contributed by atoms with van der Waals surface area (Å²) in [5.41, 5.74) is 10.2. The van der Waals surface area contributed by atoms with Crippen LogP contribution in [-0.2, 0) is 6.42 Å². The van der Waals surface area contributed by atoms with Crippen LogP contribution in [0.3, 0.4) is 0 Å². The van der Waals surface area contributed by atoms with E-state index in [1.54, 1.807) is 0 Å². The van der Waals surface area contributed by atoms with Gasteiger partial charge in [-0.25, -0.2) is 4.98 Å². The monoisotopic (exact) mass is 249 g/mol. The topological polar surface area (TPSA) is 51.8 Å². The van der Waals surface area contributed by atoms with E-state index in [1.165, 1.54) is 16.5 Å². The number of nitrogens with two attached hydrogens (primary N) is 1. The molecule has 3 nitrogen and oxygen atoms in total. The van der Waals surface area contributed by atoms with Crippen LogP contribution in [0.4, 0.5) is 5.82 Å². The van der Waals surface area contributed by atoms with E-state index in [4.69, 9.17) is 5.73 Å². The van der Waals surface area contributed by atoms with Gasteiger partial charge < -0.3 is 5.73 Å². The van der Waals surface area contributed by atoms with Gasteiger partial charge in [-0.1, -0.05) is 24.3 Å². The largest absolute Gasteiger partial charge is 0.383 e. The normalized spacial score (nSPS) is 10.8. The molecule has 0 aliphatic heterocycles. The summed E-state index contributed by atoms with van der Waals surface area (Å²) in [6.07, 6.45) is 4.55. The molecule has 0 radical (unpaired) electrons. The average Bonchev–Trinajstić information content (AvgIpc) is 2.43. The van der Waals surface area contributed by atoms with Gasteiger partial charge in [-0.2, -0.15) is 0 Å². The van der Waals surface area contributed by atoms with Gasteiger partial charge in [-0.3, -0.25) is 4.98 Å². The van der Waals surface area contributed by atoms with E-state index in [0.29, 0.717) is 5.82 Å². The predicted molar refractivity (Wildman–Crippen MR) is 77.9 cm³/mol. The summed E-state index contributed by atoms with van der Waals surface area (Å²) >= 11 is 0. The average molecular weight is 249 g/mol. The van der Waals surface area contributed by atoms with E-state index in [2.05, 4.69) is 28.2 Å². The molecule has 2 aromatic heterocycles. The van der Waals surface area contributed by atoms with Crippen LogP contribution >= 0.6 is 0 Å². The Labute approximate surface area is 112 Å². The molecule has 0 saturated carbocycles. The molecule has 0 atom stereocenters. The number of nitrogen functional groups attached to an aromatic ring is 1. The summed E-state index contributed by atoms with van der Waals surface area (Å²) in [7, 11) is 0. The van der Waals surface area contributed by atoms with Gasteiger partial charge in [0.05, 0.1) is 5.52 Å². The van der Waals surface area contributed by atoms with E-state index in [-0.39, 0.29) is 0 Å². The molecular weight excluding hydrogens is 234 g/mol. The van der Waals surface area contributed by atoms with Gasteiger partial charge >= 0.3 is 0 Å². The number of benzene rings is 1. The highest BCUT2D eigenvalue weighted by atomic mass is 14.8. The molecule has 19 heavy (non-hydrogen) atoms. The van der Waals surface area contributed by atoms with E-state index in [9.17, 15) is 0 Å². The quantitative estimate of drug-likeness (QED) is 0.759. The molecule has 0 aliphatic carbocycles. The third kappa shape index (κ3) is 2.27. The van der Waals surface area contributed by atoms with Gasteiger partial charge in [0, 0.05) is 17.8 Å². The highest BCUT2D eigenvalue weighted by Crippen LogP contribution is 2.20. The van der Waals surface area contributed by atoms with Crippen LogP contribution in [0.1, 0.15) is 16.7 Å². The first kappa shape index (κ1) is 11.7. The second-order valence-corrected chi connectivity index (χ2v) is 4.71. The molecule has 3 rings (SSSR count). The van der Waals surface area contributed by atoms with Crippen molar-refractivity contribution < 1.29 is 0 Å². The number of para-hydroxylation sites is 1. The van der Waals surface area contributed by atoms with Crippen LogP contribution in [0.25, 0.3) is 10.9 Å². The van der Waals surface area contributed by atoms with Crippen molar-refractivity contribution in [1.29, 1.82) is 0 Å². The van der Waals surface area contributed by atoms with E-state index in [0.717, 1.165) is 17.5 Å². The van der Waals surface area contributed by atoms with Gasteiger partial charge in [0.1, 0.15) is 5.82 Å². The molecule has 0 bridgehead atoms. The molecule has 0 amide bonds. The summed E-state index contributed by atoms with van der Waals surface area (Å²) in [6.45, 7) is 1.98. The first-order valence-electron chi connectivity index (χ1n) is 6.27. The van der Waals surface area contributed by atoms with Crippen LogP contribution in [-0.4, -0.2) is 9.97 Å². The van der Waals surface area contributed by atoms with Crippen molar-refractivity contribution in [3.05, 3.63) is 65.5 Å². The summed E-state index contributed by atoms with van der Waals surface area (Å²) in [5.74, 6) is 0.600. The third-order valence-corrected chi connectivity index (χ3v) is 3.31. The molecule has 94 valence electrons. The summed E-state index contributed by atoms with van der Waals surface area (Å²) < 4.78 is 0. The van der Waals surface area contributed by atoms with Crippen molar-refractivity contribution in [3.8, 4) is 0 Å². The number of anilines is 1. The number of rotatable bonds is 2. The fraction of sp³-hybridized carbons (Fsp3) is 0.125. The predicted octanol–water partition coefficient (Wildman–Crippen LogP) is 3.11. The number of pyridine rings is 2. The molecule has 0 fully saturated rings. The maximum atomic E-state index is 5.75. The van der Waals surface area contributed by atoms with Crippen LogP contribution in [0.5, 0.6) is 0 Å². The number of fused-ring (bicyclic) bond motifs is 1. The smallest absolute Gasteiger partial charge is 0.126 e. The Morgan fingerprint density at radius 1 is 1.11 bits per heavy atom. The van der Waals surface area contributed by atoms with Crippen molar-refractivity contribution in [1.82, 2.24) is 9.97 Å². The molecule has 2 N–H and O–H groups in total. The third-order valence-electron chi connectivity index (χ3n) is 3.31. The van der Waals surface area contributed by atoms with Gasteiger partial charge in [0.15, 0.2) is 0 Å². The SMILES string of the molecule is Cc1cc(Cc2ccnc3ccccc23)cnc1N. The maximum Gasteiger partial charge on any atom is 0.126 e. The van der Waals surface area contributed by atoms with Crippen LogP contribution in [0, 0.1) is 6.92 Å². The standard InChI is InChI=1S/C16H15N3/c1-11-8-12(10-19-16(11)17)9-13-6-7-18-15-5-3-2-4-14(13)15/h2-8,10H,9H2,1H3,(H2,17,19). The van der Waals surface area contributed by atoms with Gasteiger partial charge in [0.2, 0.25) is 0 Å². The molecular formula is C16H15N3. The van der Waals surface area contributed by atoms with Gasteiger partial charge in [-0.05, 0) is 42.2 Å². The first-order chi connectivity index (χ1) is 9.24. The Kier molecular flexibility index (Phi) is 2.88. The number of aromatic nitrogens is 2.